The van der Waals surface area contributed by atoms with Gasteiger partial charge < -0.3 is 23.7 Å². The molecule has 0 saturated carbocycles. The second kappa shape index (κ2) is 10.8. The van der Waals surface area contributed by atoms with Gasteiger partial charge in [-0.1, -0.05) is 19.9 Å². The number of nitrogens with zero attached hydrogens (tertiary/aromatic N) is 1. The first-order valence-electron chi connectivity index (χ1n) is 11.7. The van der Waals surface area contributed by atoms with Gasteiger partial charge in [0.1, 0.15) is 17.1 Å². The van der Waals surface area contributed by atoms with Gasteiger partial charge in [0.2, 0.25) is 0 Å². The average Bonchev–Trinajstić information content (AvgIpc) is 3.09. The summed E-state index contributed by atoms with van der Waals surface area (Å²) >= 11 is 0. The van der Waals surface area contributed by atoms with Crippen molar-refractivity contribution in [3.63, 3.8) is 0 Å². The van der Waals surface area contributed by atoms with Gasteiger partial charge in [0.15, 0.2) is 12.3 Å². The third-order valence-electron chi connectivity index (χ3n) is 5.30. The van der Waals surface area contributed by atoms with Crippen molar-refractivity contribution in [2.75, 3.05) is 14.2 Å². The van der Waals surface area contributed by atoms with Crippen molar-refractivity contribution in [3.8, 4) is 11.5 Å². The van der Waals surface area contributed by atoms with Crippen LogP contribution in [0.2, 0.25) is 0 Å². The Labute approximate surface area is 208 Å². The molecule has 35 heavy (non-hydrogen) atoms. The quantitative estimate of drug-likeness (QED) is 0.409. The molecule has 1 unspecified atom stereocenters. The Morgan fingerprint density at radius 3 is 1.97 bits per heavy atom. The van der Waals surface area contributed by atoms with Crippen molar-refractivity contribution in [1.82, 2.24) is 4.90 Å². The normalized spacial score (nSPS) is 20.5. The van der Waals surface area contributed by atoms with Crippen LogP contribution in [0.25, 0.3) is 0 Å². The molecule has 3 atom stereocenters. The molecule has 0 N–H and O–H groups in total. The van der Waals surface area contributed by atoms with E-state index in [1.165, 1.54) is 19.1 Å². The molecule has 1 aromatic carbocycles. The van der Waals surface area contributed by atoms with E-state index in [1.807, 2.05) is 13.8 Å². The van der Waals surface area contributed by atoms with Gasteiger partial charge in [0, 0.05) is 0 Å². The van der Waals surface area contributed by atoms with Crippen molar-refractivity contribution in [1.29, 1.82) is 0 Å². The molecule has 1 fully saturated rings. The first-order chi connectivity index (χ1) is 16.1. The zero-order chi connectivity index (χ0) is 26.7. The van der Waals surface area contributed by atoms with Crippen molar-refractivity contribution in [2.45, 2.75) is 85.8 Å². The fourth-order valence-corrected chi connectivity index (χ4v) is 3.73. The minimum absolute atomic E-state index is 0.0838. The van der Waals surface area contributed by atoms with Crippen molar-refractivity contribution in [2.24, 2.45) is 11.3 Å². The van der Waals surface area contributed by atoms with E-state index in [1.54, 1.807) is 59.7 Å². The minimum atomic E-state index is -1.23. The molecule has 0 aliphatic carbocycles. The van der Waals surface area contributed by atoms with E-state index in [-0.39, 0.29) is 5.92 Å². The molecule has 2 rings (SSSR count). The Balaban J connectivity index is 2.64. The topological polar surface area (TPSA) is 101 Å². The van der Waals surface area contributed by atoms with Crippen LogP contribution < -0.4 is 9.47 Å². The van der Waals surface area contributed by atoms with Crippen LogP contribution in [0.4, 0.5) is 4.79 Å². The summed E-state index contributed by atoms with van der Waals surface area (Å²) in [7, 11) is 2.98. The lowest BCUT2D eigenvalue weighted by Gasteiger charge is -2.32. The number of benzene rings is 1. The van der Waals surface area contributed by atoms with Crippen LogP contribution in [0.15, 0.2) is 18.2 Å². The molecule has 0 aromatic heterocycles. The second-order valence-electron chi connectivity index (χ2n) is 11.0. The van der Waals surface area contributed by atoms with Crippen LogP contribution in [0.3, 0.4) is 0 Å². The SMILES string of the molecule is COc1cccc(OC)c1C1O[C@@H](C(=O)OC(=O)C(C)(C)C)[C@H](CC(C)C)N1C(=O)OC(C)(C)C. The highest BCUT2D eigenvalue weighted by Crippen LogP contribution is 2.45. The summed E-state index contributed by atoms with van der Waals surface area (Å²) in [5.74, 6) is -0.644. The lowest BCUT2D eigenvalue weighted by atomic mass is 9.96. The predicted molar refractivity (Wildman–Crippen MR) is 129 cm³/mol. The molecular formula is C26H39NO8. The Hall–Kier alpha value is -2.81. The van der Waals surface area contributed by atoms with Crippen molar-refractivity contribution < 1.29 is 38.1 Å². The molecule has 1 amide bonds. The molecule has 0 bridgehead atoms. The highest BCUT2D eigenvalue weighted by atomic mass is 16.6. The Morgan fingerprint density at radius 2 is 1.54 bits per heavy atom. The molecule has 1 aliphatic rings. The van der Waals surface area contributed by atoms with Crippen LogP contribution in [0, 0.1) is 11.3 Å². The van der Waals surface area contributed by atoms with Gasteiger partial charge >= 0.3 is 18.0 Å². The van der Waals surface area contributed by atoms with Crippen LogP contribution in [-0.2, 0) is 23.8 Å². The van der Waals surface area contributed by atoms with E-state index >= 15 is 0 Å². The number of hydrogen-bond acceptors (Lipinski definition) is 8. The number of hydrogen-bond donors (Lipinski definition) is 0. The number of carbonyl (C=O) groups is 3. The smallest absolute Gasteiger partial charge is 0.413 e. The van der Waals surface area contributed by atoms with Gasteiger partial charge in [0.05, 0.1) is 31.2 Å². The fraction of sp³-hybridized carbons (Fsp3) is 0.654. The summed E-state index contributed by atoms with van der Waals surface area (Å²) in [6.07, 6.45) is -2.58. The van der Waals surface area contributed by atoms with E-state index in [9.17, 15) is 14.4 Å². The molecule has 1 saturated heterocycles. The predicted octanol–water partition coefficient (Wildman–Crippen LogP) is 4.87. The van der Waals surface area contributed by atoms with Crippen molar-refractivity contribution in [3.05, 3.63) is 23.8 Å². The third-order valence-corrected chi connectivity index (χ3v) is 5.30. The van der Waals surface area contributed by atoms with Crippen LogP contribution in [-0.4, -0.2) is 54.9 Å². The maximum Gasteiger partial charge on any atom is 0.413 e. The summed E-state index contributed by atoms with van der Waals surface area (Å²) in [6, 6.07) is 4.40. The third kappa shape index (κ3) is 6.87. The van der Waals surface area contributed by atoms with Crippen LogP contribution >= 0.6 is 0 Å². The maximum atomic E-state index is 13.5. The van der Waals surface area contributed by atoms with Gasteiger partial charge in [-0.05, 0) is 66.0 Å². The zero-order valence-corrected chi connectivity index (χ0v) is 22.5. The van der Waals surface area contributed by atoms with E-state index in [2.05, 4.69) is 0 Å². The fourth-order valence-electron chi connectivity index (χ4n) is 3.73. The summed E-state index contributed by atoms with van der Waals surface area (Å²) in [4.78, 5) is 40.6. The van der Waals surface area contributed by atoms with Gasteiger partial charge in [-0.2, -0.15) is 0 Å². The molecule has 1 aromatic rings. The van der Waals surface area contributed by atoms with Crippen LogP contribution in [0.5, 0.6) is 11.5 Å². The van der Waals surface area contributed by atoms with Gasteiger partial charge in [-0.25, -0.2) is 9.59 Å². The first-order valence-corrected chi connectivity index (χ1v) is 11.7. The molecule has 196 valence electrons. The number of rotatable bonds is 6. The minimum Gasteiger partial charge on any atom is -0.496 e. The number of ether oxygens (including phenoxy) is 5. The summed E-state index contributed by atoms with van der Waals surface area (Å²) in [5.41, 5.74) is -1.26. The van der Waals surface area contributed by atoms with Crippen molar-refractivity contribution >= 4 is 18.0 Å². The summed E-state index contributed by atoms with van der Waals surface area (Å²) < 4.78 is 28.2. The number of esters is 2. The molecule has 0 spiro atoms. The number of carbonyl (C=O) groups excluding carboxylic acids is 3. The first kappa shape index (κ1) is 28.4. The second-order valence-corrected chi connectivity index (χ2v) is 11.0. The highest BCUT2D eigenvalue weighted by Gasteiger charge is 2.53. The van der Waals surface area contributed by atoms with E-state index in [0.29, 0.717) is 23.5 Å². The maximum absolute atomic E-state index is 13.5. The average molecular weight is 494 g/mol. The lowest BCUT2D eigenvalue weighted by molar-refractivity contribution is -0.173. The standard InChI is InChI=1S/C26H39NO8/c1-15(2)14-16-20(22(28)34-23(29)25(3,4)5)33-21(27(16)24(30)35-26(6,7)8)19-17(31-9)12-11-13-18(19)32-10/h11-13,15-16,20-21H,14H2,1-10H3/t16-,20+,21?/m0/s1. The Bertz CT molecular complexity index is 906. The lowest BCUT2D eigenvalue weighted by Crippen LogP contribution is -2.46. The number of methoxy groups -OCH3 is 2. The van der Waals surface area contributed by atoms with E-state index < -0.39 is 47.4 Å². The van der Waals surface area contributed by atoms with Gasteiger partial charge in [0.25, 0.3) is 0 Å². The van der Waals surface area contributed by atoms with Crippen LogP contribution in [0.1, 0.15) is 73.6 Å². The molecular weight excluding hydrogens is 454 g/mol. The Kier molecular flexibility index (Phi) is 8.81. The molecule has 9 heteroatoms. The zero-order valence-electron chi connectivity index (χ0n) is 22.5. The largest absolute Gasteiger partial charge is 0.496 e. The summed E-state index contributed by atoms with van der Waals surface area (Å²) in [6.45, 7) is 14.2. The number of amides is 1. The van der Waals surface area contributed by atoms with E-state index in [0.717, 1.165) is 0 Å². The molecule has 9 nitrogen and oxygen atoms in total. The summed E-state index contributed by atoms with van der Waals surface area (Å²) in [5, 5.41) is 0. The molecule has 1 aliphatic heterocycles. The molecule has 1 heterocycles. The van der Waals surface area contributed by atoms with Gasteiger partial charge in [-0.15, -0.1) is 0 Å². The van der Waals surface area contributed by atoms with Gasteiger partial charge in [-0.3, -0.25) is 9.69 Å². The monoisotopic (exact) mass is 493 g/mol. The van der Waals surface area contributed by atoms with E-state index in [4.69, 9.17) is 23.7 Å². The highest BCUT2D eigenvalue weighted by molar-refractivity contribution is 5.91. The molecule has 0 radical (unpaired) electrons. The Morgan fingerprint density at radius 1 is 1.00 bits per heavy atom.